The fourth-order valence-corrected chi connectivity index (χ4v) is 2.08. The van der Waals surface area contributed by atoms with Gasteiger partial charge >= 0.3 is 0 Å². The Morgan fingerprint density at radius 1 is 1.00 bits per heavy atom. The van der Waals surface area contributed by atoms with Crippen LogP contribution in [0.3, 0.4) is 0 Å². The second kappa shape index (κ2) is 7.22. The van der Waals surface area contributed by atoms with Crippen LogP contribution in [0.15, 0.2) is 61.4 Å². The fraction of sp³-hybridized carbons (Fsp3) is 0.118. The lowest BCUT2D eigenvalue weighted by atomic mass is 10.2. The highest BCUT2D eigenvalue weighted by atomic mass is 16.1. The molecule has 1 amide bonds. The van der Waals surface area contributed by atoms with Gasteiger partial charge in [-0.2, -0.15) is 0 Å². The van der Waals surface area contributed by atoms with E-state index in [0.717, 1.165) is 17.0 Å². The minimum Gasteiger partial charge on any atom is -0.352 e. The summed E-state index contributed by atoms with van der Waals surface area (Å²) in [5.41, 5.74) is 3.02. The van der Waals surface area contributed by atoms with Crippen molar-refractivity contribution in [2.24, 2.45) is 0 Å². The van der Waals surface area contributed by atoms with Gasteiger partial charge in [0.15, 0.2) is 0 Å². The van der Waals surface area contributed by atoms with E-state index in [-0.39, 0.29) is 5.91 Å². The van der Waals surface area contributed by atoms with Gasteiger partial charge in [0.05, 0.1) is 11.3 Å². The number of hydrogen-bond acceptors (Lipinski definition) is 5. The van der Waals surface area contributed by atoms with E-state index >= 15 is 0 Å². The topological polar surface area (TPSA) is 80.7 Å². The maximum atomic E-state index is 12.1. The summed E-state index contributed by atoms with van der Waals surface area (Å²) >= 11 is 0. The molecular weight excluding hydrogens is 290 g/mol. The van der Waals surface area contributed by atoms with Crippen LogP contribution in [0.25, 0.3) is 11.3 Å². The van der Waals surface area contributed by atoms with Gasteiger partial charge in [0, 0.05) is 49.0 Å². The summed E-state index contributed by atoms with van der Waals surface area (Å²) in [6, 6.07) is 9.26. The lowest BCUT2D eigenvalue weighted by molar-refractivity contribution is 0.0953. The molecule has 0 aromatic carbocycles. The molecule has 6 nitrogen and oxygen atoms in total. The third-order valence-electron chi connectivity index (χ3n) is 3.27. The van der Waals surface area contributed by atoms with E-state index in [9.17, 15) is 4.79 Å². The molecule has 1 N–H and O–H groups in total. The first-order chi connectivity index (χ1) is 11.3. The van der Waals surface area contributed by atoms with Gasteiger partial charge in [-0.15, -0.1) is 0 Å². The number of nitrogens with one attached hydrogen (secondary N) is 1. The maximum Gasteiger partial charge on any atom is 0.252 e. The van der Waals surface area contributed by atoms with E-state index in [1.54, 1.807) is 36.9 Å². The summed E-state index contributed by atoms with van der Waals surface area (Å²) < 4.78 is 0. The van der Waals surface area contributed by atoms with Crippen molar-refractivity contribution in [3.8, 4) is 11.3 Å². The van der Waals surface area contributed by atoms with Gasteiger partial charge in [0.2, 0.25) is 0 Å². The van der Waals surface area contributed by atoms with Crippen molar-refractivity contribution in [3.63, 3.8) is 0 Å². The average molecular weight is 305 g/mol. The zero-order valence-electron chi connectivity index (χ0n) is 12.4. The quantitative estimate of drug-likeness (QED) is 0.778. The first kappa shape index (κ1) is 14.8. The van der Waals surface area contributed by atoms with Gasteiger partial charge in [-0.3, -0.25) is 14.8 Å². The average Bonchev–Trinajstić information content (AvgIpc) is 2.63. The normalized spacial score (nSPS) is 10.3. The van der Waals surface area contributed by atoms with E-state index in [4.69, 9.17) is 0 Å². The van der Waals surface area contributed by atoms with Crippen LogP contribution in [0.2, 0.25) is 0 Å². The molecule has 0 aliphatic rings. The lowest BCUT2D eigenvalue weighted by Gasteiger charge is -2.05. The zero-order valence-corrected chi connectivity index (χ0v) is 12.4. The molecule has 0 bridgehead atoms. The van der Waals surface area contributed by atoms with Crippen molar-refractivity contribution >= 4 is 5.91 Å². The second-order valence-corrected chi connectivity index (χ2v) is 4.89. The van der Waals surface area contributed by atoms with Crippen LogP contribution >= 0.6 is 0 Å². The smallest absolute Gasteiger partial charge is 0.252 e. The van der Waals surface area contributed by atoms with Gasteiger partial charge in [-0.25, -0.2) is 9.97 Å². The zero-order chi connectivity index (χ0) is 15.9. The highest BCUT2D eigenvalue weighted by Gasteiger charge is 2.07. The predicted octanol–water partition coefficient (Wildman–Crippen LogP) is 1.91. The van der Waals surface area contributed by atoms with Crippen molar-refractivity contribution in [1.29, 1.82) is 0 Å². The van der Waals surface area contributed by atoms with Crippen molar-refractivity contribution in [2.45, 2.75) is 6.42 Å². The molecule has 0 aliphatic heterocycles. The molecule has 0 saturated carbocycles. The highest BCUT2D eigenvalue weighted by molar-refractivity contribution is 5.94. The summed E-state index contributed by atoms with van der Waals surface area (Å²) in [5, 5.41) is 2.86. The first-order valence-corrected chi connectivity index (χ1v) is 7.22. The molecule has 3 aromatic heterocycles. The maximum absolute atomic E-state index is 12.1. The van der Waals surface area contributed by atoms with Crippen LogP contribution in [0, 0.1) is 0 Å². The summed E-state index contributed by atoms with van der Waals surface area (Å²) in [6.45, 7) is 0.532. The third-order valence-corrected chi connectivity index (χ3v) is 3.27. The molecule has 0 unspecified atom stereocenters. The van der Waals surface area contributed by atoms with E-state index < -0.39 is 0 Å². The van der Waals surface area contributed by atoms with Crippen LogP contribution in [-0.4, -0.2) is 32.4 Å². The minimum atomic E-state index is -0.149. The monoisotopic (exact) mass is 305 g/mol. The van der Waals surface area contributed by atoms with E-state index in [0.29, 0.717) is 18.5 Å². The number of carbonyl (C=O) groups is 1. The number of amides is 1. The van der Waals surface area contributed by atoms with Crippen molar-refractivity contribution in [1.82, 2.24) is 25.3 Å². The number of carbonyl (C=O) groups excluding carboxylic acids is 1. The predicted molar refractivity (Wildman–Crippen MR) is 85.5 cm³/mol. The van der Waals surface area contributed by atoms with Gasteiger partial charge in [-0.05, 0) is 24.3 Å². The second-order valence-electron chi connectivity index (χ2n) is 4.89. The largest absolute Gasteiger partial charge is 0.352 e. The van der Waals surface area contributed by atoms with Gasteiger partial charge in [0.25, 0.3) is 5.91 Å². The molecular formula is C17H15N5O. The summed E-state index contributed by atoms with van der Waals surface area (Å²) in [6.07, 6.45) is 8.82. The number of rotatable bonds is 5. The van der Waals surface area contributed by atoms with E-state index in [1.807, 2.05) is 18.2 Å². The number of aromatic nitrogens is 4. The van der Waals surface area contributed by atoms with Crippen LogP contribution in [0.5, 0.6) is 0 Å². The van der Waals surface area contributed by atoms with E-state index in [1.165, 1.54) is 6.33 Å². The van der Waals surface area contributed by atoms with Gasteiger partial charge < -0.3 is 5.32 Å². The Labute approximate surface area is 133 Å². The standard InChI is InChI=1S/C17H15N5O/c23-17(21-8-6-15-3-1-2-7-20-15)13-4-5-16(22-11-13)14-9-18-12-19-10-14/h1-5,7,9-12H,6,8H2,(H,21,23). The Hall–Kier alpha value is -3.15. The SMILES string of the molecule is O=C(NCCc1ccccn1)c1ccc(-c2cncnc2)nc1. The summed E-state index contributed by atoms with van der Waals surface area (Å²) in [4.78, 5) is 28.5. The first-order valence-electron chi connectivity index (χ1n) is 7.22. The van der Waals surface area contributed by atoms with Gasteiger partial charge in [-0.1, -0.05) is 6.07 Å². The molecule has 3 heterocycles. The minimum absolute atomic E-state index is 0.149. The Bertz CT molecular complexity index is 760. The molecule has 3 aromatic rings. The molecule has 0 saturated heterocycles. The van der Waals surface area contributed by atoms with Crippen LogP contribution in [-0.2, 0) is 6.42 Å². The Morgan fingerprint density at radius 2 is 1.87 bits per heavy atom. The van der Waals surface area contributed by atoms with Crippen LogP contribution in [0.1, 0.15) is 16.1 Å². The lowest BCUT2D eigenvalue weighted by Crippen LogP contribution is -2.26. The van der Waals surface area contributed by atoms with Crippen molar-refractivity contribution in [2.75, 3.05) is 6.54 Å². The molecule has 0 atom stereocenters. The van der Waals surface area contributed by atoms with Crippen molar-refractivity contribution < 1.29 is 4.79 Å². The van der Waals surface area contributed by atoms with Crippen molar-refractivity contribution in [3.05, 3.63) is 72.7 Å². The van der Waals surface area contributed by atoms with Gasteiger partial charge in [0.1, 0.15) is 6.33 Å². The highest BCUT2D eigenvalue weighted by Crippen LogP contribution is 2.14. The fourth-order valence-electron chi connectivity index (χ4n) is 2.08. The molecule has 114 valence electrons. The molecule has 3 rings (SSSR count). The number of nitrogens with zero attached hydrogens (tertiary/aromatic N) is 4. The summed E-state index contributed by atoms with van der Waals surface area (Å²) in [5.74, 6) is -0.149. The molecule has 0 spiro atoms. The third kappa shape index (κ3) is 3.94. The molecule has 6 heteroatoms. The summed E-state index contributed by atoms with van der Waals surface area (Å²) in [7, 11) is 0. The number of pyridine rings is 2. The Morgan fingerprint density at radius 3 is 2.57 bits per heavy atom. The molecule has 0 aliphatic carbocycles. The Balaban J connectivity index is 1.58. The van der Waals surface area contributed by atoms with Crippen LogP contribution in [0.4, 0.5) is 0 Å². The van der Waals surface area contributed by atoms with Crippen LogP contribution < -0.4 is 5.32 Å². The molecule has 23 heavy (non-hydrogen) atoms. The number of hydrogen-bond donors (Lipinski definition) is 1. The molecule has 0 radical (unpaired) electrons. The van der Waals surface area contributed by atoms with E-state index in [2.05, 4.69) is 25.3 Å². The molecule has 0 fully saturated rings. The Kier molecular flexibility index (Phi) is 4.63.